The van der Waals surface area contributed by atoms with Crippen LogP contribution in [0.25, 0.3) is 0 Å². The van der Waals surface area contributed by atoms with Gasteiger partial charge in [0.05, 0.1) is 0 Å². The van der Waals surface area contributed by atoms with Gasteiger partial charge in [-0.05, 0) is 19.9 Å². The summed E-state index contributed by atoms with van der Waals surface area (Å²) in [4.78, 5) is 20.1. The van der Waals surface area contributed by atoms with Gasteiger partial charge in [0.1, 0.15) is 10.9 Å². The number of carbonyl (C=O) groups excluding carboxylic acids is 1. The zero-order chi connectivity index (χ0) is 10.6. The lowest BCUT2D eigenvalue weighted by Gasteiger charge is -2.00. The van der Waals surface area contributed by atoms with Crippen molar-refractivity contribution in [3.8, 4) is 0 Å². The summed E-state index contributed by atoms with van der Waals surface area (Å²) in [5.41, 5.74) is 0. The van der Waals surface area contributed by atoms with Crippen molar-refractivity contribution < 1.29 is 13.2 Å². The topological polar surface area (TPSA) is 107 Å². The van der Waals surface area contributed by atoms with Crippen LogP contribution in [0, 0.1) is 4.91 Å². The lowest BCUT2D eigenvalue weighted by Crippen LogP contribution is -2.20. The van der Waals surface area contributed by atoms with Gasteiger partial charge >= 0.3 is 0 Å². The lowest BCUT2D eigenvalue weighted by atomic mass is 10.3. The van der Waals surface area contributed by atoms with Gasteiger partial charge in [0.2, 0.25) is 10.0 Å². The molecule has 0 bridgehead atoms. The standard InChI is InChI=1S/C6H10N2O4S/c1-4(8-10)3-6(5(2)9)13(7,11)12/h3-4H,1-2H3,(H2,7,11,12)/b6-3+. The Labute approximate surface area is 75.8 Å². The van der Waals surface area contributed by atoms with Crippen molar-refractivity contribution in [2.75, 3.05) is 0 Å². The molecule has 0 aromatic carbocycles. The van der Waals surface area contributed by atoms with Gasteiger partial charge in [0.15, 0.2) is 5.78 Å². The van der Waals surface area contributed by atoms with E-state index in [-0.39, 0.29) is 0 Å². The summed E-state index contributed by atoms with van der Waals surface area (Å²) < 4.78 is 21.5. The number of allylic oxidation sites excluding steroid dienone is 1. The van der Waals surface area contributed by atoms with Crippen LogP contribution < -0.4 is 5.14 Å². The Kier molecular flexibility index (Phi) is 3.89. The molecule has 7 heteroatoms. The number of nitrogens with two attached hydrogens (primary N) is 1. The monoisotopic (exact) mass is 206 g/mol. The van der Waals surface area contributed by atoms with E-state index in [0.717, 1.165) is 13.0 Å². The molecule has 0 amide bonds. The first-order chi connectivity index (χ1) is 5.79. The van der Waals surface area contributed by atoms with E-state index in [1.165, 1.54) is 6.92 Å². The fraction of sp³-hybridized carbons (Fsp3) is 0.500. The van der Waals surface area contributed by atoms with Crippen LogP contribution in [0.15, 0.2) is 16.2 Å². The average Bonchev–Trinajstić information content (AvgIpc) is 1.96. The summed E-state index contributed by atoms with van der Waals surface area (Å²) in [6.07, 6.45) is 0.921. The summed E-state index contributed by atoms with van der Waals surface area (Å²) in [6.45, 7) is 2.40. The van der Waals surface area contributed by atoms with Gasteiger partial charge < -0.3 is 0 Å². The largest absolute Gasteiger partial charge is 0.294 e. The summed E-state index contributed by atoms with van der Waals surface area (Å²) in [5.74, 6) is -0.710. The van der Waals surface area contributed by atoms with E-state index in [4.69, 9.17) is 5.14 Å². The highest BCUT2D eigenvalue weighted by molar-refractivity contribution is 7.94. The molecule has 0 radical (unpaired) electrons. The number of nitrogens with zero attached hydrogens (tertiary/aromatic N) is 1. The summed E-state index contributed by atoms with van der Waals surface area (Å²) >= 11 is 0. The summed E-state index contributed by atoms with van der Waals surface area (Å²) in [6, 6.07) is -0.891. The van der Waals surface area contributed by atoms with E-state index in [0.29, 0.717) is 0 Å². The summed E-state index contributed by atoms with van der Waals surface area (Å²) in [7, 11) is -4.06. The predicted octanol–water partition coefficient (Wildman–Crippen LogP) is -0.0973. The Balaban J connectivity index is 5.17. The first-order valence-corrected chi connectivity index (χ1v) is 4.91. The Morgan fingerprint density at radius 2 is 2.00 bits per heavy atom. The van der Waals surface area contributed by atoms with Crippen LogP contribution in [0.4, 0.5) is 0 Å². The molecule has 0 aromatic heterocycles. The molecular weight excluding hydrogens is 196 g/mol. The van der Waals surface area contributed by atoms with Crippen LogP contribution in [0.2, 0.25) is 0 Å². The molecule has 0 spiro atoms. The van der Waals surface area contributed by atoms with Gasteiger partial charge in [-0.25, -0.2) is 13.6 Å². The Hall–Kier alpha value is -1.08. The molecule has 0 rings (SSSR count). The average molecular weight is 206 g/mol. The third kappa shape index (κ3) is 3.90. The molecule has 0 aliphatic heterocycles. The van der Waals surface area contributed by atoms with Crippen molar-refractivity contribution in [1.82, 2.24) is 0 Å². The molecule has 0 saturated carbocycles. The second kappa shape index (κ2) is 4.24. The Morgan fingerprint density at radius 1 is 1.54 bits per heavy atom. The number of carbonyl (C=O) groups is 1. The second-order valence-electron chi connectivity index (χ2n) is 2.48. The lowest BCUT2D eigenvalue weighted by molar-refractivity contribution is -0.113. The predicted molar refractivity (Wildman–Crippen MR) is 47.1 cm³/mol. The van der Waals surface area contributed by atoms with E-state index < -0.39 is 26.8 Å². The van der Waals surface area contributed by atoms with E-state index in [1.807, 2.05) is 0 Å². The third-order valence-electron chi connectivity index (χ3n) is 1.21. The Morgan fingerprint density at radius 3 is 2.23 bits per heavy atom. The number of hydrogen-bond acceptors (Lipinski definition) is 5. The minimum Gasteiger partial charge on any atom is -0.294 e. The van der Waals surface area contributed by atoms with Crippen LogP contribution in [-0.2, 0) is 14.8 Å². The van der Waals surface area contributed by atoms with E-state index in [1.54, 1.807) is 0 Å². The maximum absolute atomic E-state index is 10.8. The third-order valence-corrected chi connectivity index (χ3v) is 2.25. The van der Waals surface area contributed by atoms with Crippen molar-refractivity contribution in [1.29, 1.82) is 0 Å². The molecule has 0 heterocycles. The highest BCUT2D eigenvalue weighted by atomic mass is 32.2. The van der Waals surface area contributed by atoms with Crippen LogP contribution in [0.1, 0.15) is 13.8 Å². The van der Waals surface area contributed by atoms with Crippen molar-refractivity contribution in [3.63, 3.8) is 0 Å². The van der Waals surface area contributed by atoms with Crippen molar-refractivity contribution >= 4 is 15.8 Å². The minimum absolute atomic E-state index is 0.584. The molecule has 74 valence electrons. The molecule has 0 aliphatic carbocycles. The number of primary sulfonamides is 1. The molecule has 0 fully saturated rings. The smallest absolute Gasteiger partial charge is 0.241 e. The van der Waals surface area contributed by atoms with Crippen LogP contribution in [0.3, 0.4) is 0 Å². The fourth-order valence-corrected chi connectivity index (χ4v) is 1.45. The number of Topliss-reactive ketones (excluding diaryl/α,β-unsaturated/α-hetero) is 1. The second-order valence-corrected chi connectivity index (χ2v) is 4.01. The molecule has 0 aliphatic rings. The maximum Gasteiger partial charge on any atom is 0.241 e. The SMILES string of the molecule is CC(=O)/C(=C\C(C)N=O)S(N)(=O)=O. The van der Waals surface area contributed by atoms with E-state index in [2.05, 4.69) is 5.18 Å². The minimum atomic E-state index is -4.06. The molecule has 6 nitrogen and oxygen atoms in total. The van der Waals surface area contributed by atoms with Crippen molar-refractivity contribution in [2.45, 2.75) is 19.9 Å². The highest BCUT2D eigenvalue weighted by Gasteiger charge is 2.18. The van der Waals surface area contributed by atoms with Gasteiger partial charge in [-0.15, -0.1) is 0 Å². The molecule has 0 aromatic rings. The molecule has 13 heavy (non-hydrogen) atoms. The zero-order valence-corrected chi connectivity index (χ0v) is 8.04. The zero-order valence-electron chi connectivity index (χ0n) is 7.22. The van der Waals surface area contributed by atoms with E-state index in [9.17, 15) is 18.1 Å². The van der Waals surface area contributed by atoms with Gasteiger partial charge in [-0.1, -0.05) is 5.18 Å². The van der Waals surface area contributed by atoms with Crippen LogP contribution in [-0.4, -0.2) is 20.2 Å². The van der Waals surface area contributed by atoms with Crippen molar-refractivity contribution in [2.24, 2.45) is 10.3 Å². The van der Waals surface area contributed by atoms with Crippen molar-refractivity contribution in [3.05, 3.63) is 15.9 Å². The van der Waals surface area contributed by atoms with Crippen LogP contribution >= 0.6 is 0 Å². The first-order valence-electron chi connectivity index (χ1n) is 3.37. The Bertz CT molecular complexity index is 344. The first kappa shape index (κ1) is 11.9. The maximum atomic E-state index is 10.8. The molecule has 2 N–H and O–H groups in total. The highest BCUT2D eigenvalue weighted by Crippen LogP contribution is 2.06. The number of nitroso groups, excluding NO2 is 1. The normalized spacial score (nSPS) is 15.2. The number of hydrogen-bond donors (Lipinski definition) is 1. The van der Waals surface area contributed by atoms with Gasteiger partial charge in [-0.2, -0.15) is 4.91 Å². The number of rotatable bonds is 4. The molecular formula is C6H10N2O4S. The molecule has 1 unspecified atom stereocenters. The van der Waals surface area contributed by atoms with Gasteiger partial charge in [0.25, 0.3) is 0 Å². The van der Waals surface area contributed by atoms with Gasteiger partial charge in [-0.3, -0.25) is 4.79 Å². The van der Waals surface area contributed by atoms with E-state index >= 15 is 0 Å². The van der Waals surface area contributed by atoms with Gasteiger partial charge in [0, 0.05) is 0 Å². The number of ketones is 1. The fourth-order valence-electron chi connectivity index (χ4n) is 0.662. The molecule has 0 saturated heterocycles. The number of sulfonamides is 1. The van der Waals surface area contributed by atoms with Crippen LogP contribution in [0.5, 0.6) is 0 Å². The summed E-state index contributed by atoms with van der Waals surface area (Å²) in [5, 5.41) is 7.25. The molecule has 1 atom stereocenters. The quantitative estimate of drug-likeness (QED) is 0.512.